The van der Waals surface area contributed by atoms with Crippen LogP contribution in [0.5, 0.6) is 0 Å². The second kappa shape index (κ2) is 15.7. The maximum absolute atomic E-state index is 8.20. The lowest BCUT2D eigenvalue weighted by molar-refractivity contribution is 0.284. The Morgan fingerprint density at radius 2 is 1.89 bits per heavy atom. The zero-order valence-electron chi connectivity index (χ0n) is 6.22. The number of aliphatic hydroxyl groups excluding tert-OH is 1. The summed E-state index contributed by atoms with van der Waals surface area (Å²) in [5, 5.41) is 15.5. The van der Waals surface area contributed by atoms with Crippen LogP contribution in [0.25, 0.3) is 0 Å². The molecule has 0 saturated carbocycles. The molecule has 0 atom stereocenters. The van der Waals surface area contributed by atoms with Gasteiger partial charge in [-0.3, -0.25) is 0 Å². The lowest BCUT2D eigenvalue weighted by Crippen LogP contribution is -1.78. The summed E-state index contributed by atoms with van der Waals surface area (Å²) in [4.78, 5) is 0. The Morgan fingerprint density at radius 3 is 2.00 bits per heavy atom. The molecular formula is C7H15NO. The molecule has 0 aliphatic heterocycles. The van der Waals surface area contributed by atoms with Gasteiger partial charge in [-0.1, -0.05) is 19.8 Å². The maximum atomic E-state index is 8.20. The van der Waals surface area contributed by atoms with E-state index in [0.717, 1.165) is 12.8 Å². The number of nitrogens with zero attached hydrogens (tertiary/aromatic N) is 1. The molecule has 0 unspecified atom stereocenters. The lowest BCUT2D eigenvalue weighted by Gasteiger charge is -1.85. The summed E-state index contributed by atoms with van der Waals surface area (Å²) in [5.41, 5.74) is 0. The van der Waals surface area contributed by atoms with E-state index >= 15 is 0 Å². The third kappa shape index (κ3) is 36.9. The van der Waals surface area contributed by atoms with Gasteiger partial charge in [-0.15, -0.1) is 0 Å². The smallest absolute Gasteiger partial charge is 0.0587 e. The Labute approximate surface area is 57.1 Å². The molecule has 0 spiro atoms. The fraction of sp³-hybridized carbons (Fsp3) is 0.857. The molecule has 0 heterocycles. The molecule has 2 nitrogen and oxygen atoms in total. The van der Waals surface area contributed by atoms with E-state index in [4.69, 9.17) is 10.4 Å². The van der Waals surface area contributed by atoms with E-state index in [1.54, 1.807) is 6.07 Å². The van der Waals surface area contributed by atoms with Gasteiger partial charge in [-0.2, -0.15) is 5.26 Å². The minimum atomic E-state index is 0.355. The second-order valence-electron chi connectivity index (χ2n) is 1.65. The summed E-state index contributed by atoms with van der Waals surface area (Å²) in [5.74, 6) is 0. The Bertz CT molecular complexity index is 61.8. The molecule has 0 bridgehead atoms. The van der Waals surface area contributed by atoms with Gasteiger partial charge >= 0.3 is 0 Å². The molecule has 0 aliphatic carbocycles. The Kier molecular flexibility index (Phi) is 19.6. The fourth-order valence-electron chi connectivity index (χ4n) is 0.362. The molecule has 0 aromatic heterocycles. The van der Waals surface area contributed by atoms with Crippen LogP contribution >= 0.6 is 0 Å². The highest BCUT2D eigenvalue weighted by atomic mass is 16.2. The van der Waals surface area contributed by atoms with Crippen molar-refractivity contribution in [2.45, 2.75) is 33.1 Å². The van der Waals surface area contributed by atoms with Crippen LogP contribution in [0.3, 0.4) is 0 Å². The van der Waals surface area contributed by atoms with Crippen molar-refractivity contribution >= 4 is 0 Å². The Morgan fingerprint density at radius 1 is 1.44 bits per heavy atom. The van der Waals surface area contributed by atoms with Gasteiger partial charge in [0.05, 0.1) is 6.07 Å². The van der Waals surface area contributed by atoms with Crippen molar-refractivity contribution in [2.75, 3.05) is 6.61 Å². The molecular weight excluding hydrogens is 114 g/mol. The number of unbranched alkanes of at least 4 members (excludes halogenated alkanes) is 2. The normalized spacial score (nSPS) is 6.89. The molecule has 0 saturated heterocycles. The van der Waals surface area contributed by atoms with Crippen LogP contribution in [0, 0.1) is 11.3 Å². The van der Waals surface area contributed by atoms with Gasteiger partial charge in [0.2, 0.25) is 0 Å². The summed E-state index contributed by atoms with van der Waals surface area (Å²) in [6, 6.07) is 1.75. The van der Waals surface area contributed by atoms with Crippen molar-refractivity contribution < 1.29 is 5.11 Å². The molecule has 0 aromatic carbocycles. The average molecular weight is 129 g/mol. The Hall–Kier alpha value is -0.550. The van der Waals surface area contributed by atoms with Crippen molar-refractivity contribution in [3.8, 4) is 6.07 Å². The highest BCUT2D eigenvalue weighted by Crippen LogP contribution is 1.89. The van der Waals surface area contributed by atoms with E-state index in [9.17, 15) is 0 Å². The minimum Gasteiger partial charge on any atom is -0.396 e. The number of nitriles is 1. The summed E-state index contributed by atoms with van der Waals surface area (Å²) in [7, 11) is 0. The standard InChI is InChI=1S/C5H12O.C2H3N/c1-2-3-4-5-6;1-2-3/h6H,2-5H2,1H3;1H3. The molecule has 2 heteroatoms. The molecule has 54 valence electrons. The molecule has 0 radical (unpaired) electrons. The van der Waals surface area contributed by atoms with Crippen LogP contribution in [0.15, 0.2) is 0 Å². The zero-order valence-corrected chi connectivity index (χ0v) is 6.22. The van der Waals surface area contributed by atoms with Crippen molar-refractivity contribution in [3.05, 3.63) is 0 Å². The third-order valence-corrected chi connectivity index (χ3v) is 0.762. The van der Waals surface area contributed by atoms with Crippen LogP contribution in [0.2, 0.25) is 0 Å². The predicted octanol–water partition coefficient (Wildman–Crippen LogP) is 1.70. The topological polar surface area (TPSA) is 44.0 Å². The third-order valence-electron chi connectivity index (χ3n) is 0.762. The molecule has 0 rings (SSSR count). The Balaban J connectivity index is 0. The lowest BCUT2D eigenvalue weighted by atomic mass is 10.3. The number of aliphatic hydroxyl groups is 1. The van der Waals surface area contributed by atoms with Crippen molar-refractivity contribution in [3.63, 3.8) is 0 Å². The highest BCUT2D eigenvalue weighted by molar-refractivity contribution is 4.51. The molecule has 9 heavy (non-hydrogen) atoms. The molecule has 0 amide bonds. The molecule has 0 fully saturated rings. The van der Waals surface area contributed by atoms with Gasteiger partial charge < -0.3 is 5.11 Å². The van der Waals surface area contributed by atoms with E-state index < -0.39 is 0 Å². The van der Waals surface area contributed by atoms with Gasteiger partial charge in [0.25, 0.3) is 0 Å². The van der Waals surface area contributed by atoms with E-state index in [-0.39, 0.29) is 0 Å². The second-order valence-corrected chi connectivity index (χ2v) is 1.65. The summed E-state index contributed by atoms with van der Waals surface area (Å²) >= 11 is 0. The molecule has 0 aliphatic rings. The summed E-state index contributed by atoms with van der Waals surface area (Å²) in [6.07, 6.45) is 3.33. The average Bonchev–Trinajstić information content (AvgIpc) is 1.86. The van der Waals surface area contributed by atoms with Crippen LogP contribution in [-0.4, -0.2) is 11.7 Å². The van der Waals surface area contributed by atoms with Gasteiger partial charge in [0, 0.05) is 13.5 Å². The van der Waals surface area contributed by atoms with Gasteiger partial charge in [-0.25, -0.2) is 0 Å². The summed E-state index contributed by atoms with van der Waals surface area (Å²) < 4.78 is 0. The number of rotatable bonds is 3. The van der Waals surface area contributed by atoms with E-state index in [2.05, 4.69) is 6.92 Å². The van der Waals surface area contributed by atoms with Crippen LogP contribution in [0.4, 0.5) is 0 Å². The SMILES string of the molecule is CC#N.CCCCCO. The zero-order chi connectivity index (χ0) is 7.54. The predicted molar refractivity (Wildman–Crippen MR) is 37.9 cm³/mol. The van der Waals surface area contributed by atoms with Crippen molar-refractivity contribution in [1.82, 2.24) is 0 Å². The van der Waals surface area contributed by atoms with Crippen molar-refractivity contribution in [1.29, 1.82) is 5.26 Å². The first-order valence-electron chi connectivity index (χ1n) is 3.25. The minimum absolute atomic E-state index is 0.355. The monoisotopic (exact) mass is 129 g/mol. The first kappa shape index (κ1) is 11.3. The quantitative estimate of drug-likeness (QED) is 0.589. The van der Waals surface area contributed by atoms with Gasteiger partial charge in [-0.05, 0) is 6.42 Å². The van der Waals surface area contributed by atoms with Gasteiger partial charge in [0.15, 0.2) is 0 Å². The molecule has 0 aromatic rings. The van der Waals surface area contributed by atoms with Crippen LogP contribution < -0.4 is 0 Å². The number of hydrogen-bond acceptors (Lipinski definition) is 2. The van der Waals surface area contributed by atoms with Crippen LogP contribution in [-0.2, 0) is 0 Å². The number of hydrogen-bond donors (Lipinski definition) is 1. The van der Waals surface area contributed by atoms with Gasteiger partial charge in [0.1, 0.15) is 0 Å². The van der Waals surface area contributed by atoms with Crippen molar-refractivity contribution in [2.24, 2.45) is 0 Å². The maximum Gasteiger partial charge on any atom is 0.0587 e. The molecule has 1 N–H and O–H groups in total. The highest BCUT2D eigenvalue weighted by Gasteiger charge is 1.76. The fourth-order valence-corrected chi connectivity index (χ4v) is 0.362. The van der Waals surface area contributed by atoms with E-state index in [1.807, 2.05) is 0 Å². The first-order valence-corrected chi connectivity index (χ1v) is 3.25. The largest absolute Gasteiger partial charge is 0.396 e. The first-order chi connectivity index (χ1) is 4.33. The van der Waals surface area contributed by atoms with E-state index in [1.165, 1.54) is 13.3 Å². The van der Waals surface area contributed by atoms with Crippen LogP contribution in [0.1, 0.15) is 33.1 Å². The van der Waals surface area contributed by atoms with E-state index in [0.29, 0.717) is 6.61 Å². The summed E-state index contributed by atoms with van der Waals surface area (Å²) in [6.45, 7) is 3.91.